The maximum absolute atomic E-state index is 13.2. The van der Waals surface area contributed by atoms with Crippen LogP contribution in [-0.4, -0.2) is 11.8 Å². The van der Waals surface area contributed by atoms with Gasteiger partial charge < -0.3 is 10.6 Å². The summed E-state index contributed by atoms with van der Waals surface area (Å²) in [6, 6.07) is 19.7. The number of anilines is 2. The number of para-hydroxylation sites is 1. The molecule has 0 spiro atoms. The van der Waals surface area contributed by atoms with E-state index < -0.39 is 5.82 Å². The molecule has 0 atom stereocenters. The van der Waals surface area contributed by atoms with E-state index in [1.54, 1.807) is 30.3 Å². The number of carbonyl (C=O) groups excluding carboxylic acids is 2. The van der Waals surface area contributed by atoms with Crippen LogP contribution in [0.15, 0.2) is 72.8 Å². The number of benzene rings is 3. The van der Waals surface area contributed by atoms with E-state index >= 15 is 0 Å². The van der Waals surface area contributed by atoms with Gasteiger partial charge in [0.05, 0.1) is 0 Å². The highest BCUT2D eigenvalue weighted by Crippen LogP contribution is 2.24. The molecule has 0 unspecified atom stereocenters. The van der Waals surface area contributed by atoms with Gasteiger partial charge in [-0.25, -0.2) is 4.39 Å². The number of hydrogen-bond acceptors (Lipinski definition) is 2. The molecule has 142 valence electrons. The quantitative estimate of drug-likeness (QED) is 0.622. The zero-order valence-corrected chi connectivity index (χ0v) is 15.7. The molecule has 3 rings (SSSR count). The van der Waals surface area contributed by atoms with E-state index in [2.05, 4.69) is 24.5 Å². The molecule has 5 heteroatoms. The van der Waals surface area contributed by atoms with Crippen LogP contribution < -0.4 is 10.6 Å². The van der Waals surface area contributed by atoms with Crippen LogP contribution in [0.25, 0.3) is 0 Å². The van der Waals surface area contributed by atoms with Gasteiger partial charge in [0.1, 0.15) is 5.82 Å². The van der Waals surface area contributed by atoms with Crippen molar-refractivity contribution < 1.29 is 14.0 Å². The van der Waals surface area contributed by atoms with E-state index in [-0.39, 0.29) is 17.7 Å². The number of halogens is 1. The Labute approximate surface area is 163 Å². The Hall–Kier alpha value is -3.47. The Morgan fingerprint density at radius 1 is 0.786 bits per heavy atom. The van der Waals surface area contributed by atoms with Gasteiger partial charge >= 0.3 is 0 Å². The summed E-state index contributed by atoms with van der Waals surface area (Å²) in [4.78, 5) is 24.8. The van der Waals surface area contributed by atoms with Crippen LogP contribution >= 0.6 is 0 Å². The largest absolute Gasteiger partial charge is 0.322 e. The number of amides is 2. The van der Waals surface area contributed by atoms with Gasteiger partial charge in [-0.3, -0.25) is 9.59 Å². The maximum atomic E-state index is 13.2. The zero-order chi connectivity index (χ0) is 20.1. The third-order valence-electron chi connectivity index (χ3n) is 4.32. The predicted molar refractivity (Wildman–Crippen MR) is 109 cm³/mol. The van der Waals surface area contributed by atoms with Crippen molar-refractivity contribution in [2.45, 2.75) is 19.8 Å². The van der Waals surface area contributed by atoms with E-state index in [1.165, 1.54) is 18.2 Å². The lowest BCUT2D eigenvalue weighted by molar-refractivity contribution is 0.101. The lowest BCUT2D eigenvalue weighted by atomic mass is 10.0. The van der Waals surface area contributed by atoms with E-state index in [0.29, 0.717) is 16.8 Å². The Morgan fingerprint density at radius 3 is 2.00 bits per heavy atom. The SMILES string of the molecule is CC(C)c1ccccc1NC(=O)c1ccc(C(=O)Nc2cccc(F)c2)cc1. The van der Waals surface area contributed by atoms with Crippen LogP contribution in [0.5, 0.6) is 0 Å². The smallest absolute Gasteiger partial charge is 0.255 e. The van der Waals surface area contributed by atoms with E-state index in [4.69, 9.17) is 0 Å². The molecule has 0 fully saturated rings. The topological polar surface area (TPSA) is 58.2 Å². The molecular weight excluding hydrogens is 355 g/mol. The molecule has 0 aromatic heterocycles. The first-order valence-electron chi connectivity index (χ1n) is 9.01. The van der Waals surface area contributed by atoms with Gasteiger partial charge in [0.15, 0.2) is 0 Å². The molecule has 0 aliphatic rings. The second-order valence-electron chi connectivity index (χ2n) is 6.74. The van der Waals surface area contributed by atoms with Crippen LogP contribution in [0, 0.1) is 5.82 Å². The molecule has 3 aromatic rings. The molecule has 0 heterocycles. The minimum absolute atomic E-state index is 0.245. The van der Waals surface area contributed by atoms with Gasteiger partial charge in [0, 0.05) is 22.5 Å². The van der Waals surface area contributed by atoms with Crippen LogP contribution in [-0.2, 0) is 0 Å². The summed E-state index contributed by atoms with van der Waals surface area (Å²) in [7, 11) is 0. The molecule has 2 N–H and O–H groups in total. The molecule has 2 amide bonds. The van der Waals surface area contributed by atoms with Crippen molar-refractivity contribution in [2.24, 2.45) is 0 Å². The van der Waals surface area contributed by atoms with Crippen LogP contribution in [0.1, 0.15) is 46.0 Å². The van der Waals surface area contributed by atoms with Crippen molar-refractivity contribution in [3.63, 3.8) is 0 Å². The van der Waals surface area contributed by atoms with Crippen LogP contribution in [0.2, 0.25) is 0 Å². The van der Waals surface area contributed by atoms with Crippen molar-refractivity contribution >= 4 is 23.2 Å². The standard InChI is InChI=1S/C23H21FN2O2/c1-15(2)20-8-3-4-9-21(20)26-23(28)17-12-10-16(11-13-17)22(27)25-19-7-5-6-18(24)14-19/h3-15H,1-2H3,(H,25,27)(H,26,28). The van der Waals surface area contributed by atoms with Crippen LogP contribution in [0.3, 0.4) is 0 Å². The number of carbonyl (C=O) groups is 2. The number of nitrogens with one attached hydrogen (secondary N) is 2. The lowest BCUT2D eigenvalue weighted by Crippen LogP contribution is -2.15. The molecule has 0 saturated carbocycles. The first kappa shape index (κ1) is 19.3. The Balaban J connectivity index is 1.70. The first-order valence-corrected chi connectivity index (χ1v) is 9.01. The van der Waals surface area contributed by atoms with Crippen LogP contribution in [0.4, 0.5) is 15.8 Å². The molecular formula is C23H21FN2O2. The number of rotatable bonds is 5. The molecule has 0 aliphatic carbocycles. The molecule has 0 aliphatic heterocycles. The third-order valence-corrected chi connectivity index (χ3v) is 4.32. The number of hydrogen-bond donors (Lipinski definition) is 2. The van der Waals surface area contributed by atoms with Crippen molar-refractivity contribution in [1.29, 1.82) is 0 Å². The fourth-order valence-electron chi connectivity index (χ4n) is 2.85. The minimum atomic E-state index is -0.425. The molecule has 0 saturated heterocycles. The summed E-state index contributed by atoms with van der Waals surface area (Å²) in [5, 5.41) is 5.55. The summed E-state index contributed by atoms with van der Waals surface area (Å²) < 4.78 is 13.2. The fraction of sp³-hybridized carbons (Fsp3) is 0.130. The Morgan fingerprint density at radius 2 is 1.39 bits per heavy atom. The second-order valence-corrected chi connectivity index (χ2v) is 6.74. The molecule has 3 aromatic carbocycles. The second kappa shape index (κ2) is 8.48. The van der Waals surface area contributed by atoms with E-state index in [1.807, 2.05) is 24.3 Å². The highest BCUT2D eigenvalue weighted by Gasteiger charge is 2.12. The highest BCUT2D eigenvalue weighted by molar-refractivity contribution is 6.07. The Bertz CT molecular complexity index is 997. The van der Waals surface area contributed by atoms with Crippen molar-refractivity contribution in [1.82, 2.24) is 0 Å². The molecule has 0 bridgehead atoms. The van der Waals surface area contributed by atoms with Gasteiger partial charge in [-0.15, -0.1) is 0 Å². The van der Waals surface area contributed by atoms with Gasteiger partial charge in [-0.1, -0.05) is 38.1 Å². The van der Waals surface area contributed by atoms with Crippen molar-refractivity contribution in [2.75, 3.05) is 10.6 Å². The predicted octanol–water partition coefficient (Wildman–Crippen LogP) is 5.45. The van der Waals surface area contributed by atoms with E-state index in [0.717, 1.165) is 11.3 Å². The Kier molecular flexibility index (Phi) is 5.84. The van der Waals surface area contributed by atoms with Gasteiger partial charge in [0.2, 0.25) is 0 Å². The molecule has 4 nitrogen and oxygen atoms in total. The first-order chi connectivity index (χ1) is 13.4. The lowest BCUT2D eigenvalue weighted by Gasteiger charge is -2.13. The van der Waals surface area contributed by atoms with Crippen molar-refractivity contribution in [3.05, 3.63) is 95.3 Å². The normalized spacial score (nSPS) is 10.6. The highest BCUT2D eigenvalue weighted by atomic mass is 19.1. The summed E-state index contributed by atoms with van der Waals surface area (Å²) in [6.45, 7) is 4.13. The van der Waals surface area contributed by atoms with Gasteiger partial charge in [-0.2, -0.15) is 0 Å². The maximum Gasteiger partial charge on any atom is 0.255 e. The summed E-state index contributed by atoms with van der Waals surface area (Å²) >= 11 is 0. The average molecular weight is 376 g/mol. The summed E-state index contributed by atoms with van der Waals surface area (Å²) in [6.07, 6.45) is 0. The van der Waals surface area contributed by atoms with Gasteiger partial charge in [0.25, 0.3) is 11.8 Å². The summed E-state index contributed by atoms with van der Waals surface area (Å²) in [5.41, 5.74) is 3.03. The summed E-state index contributed by atoms with van der Waals surface area (Å²) in [5.74, 6) is -0.759. The zero-order valence-electron chi connectivity index (χ0n) is 15.7. The molecule has 0 radical (unpaired) electrons. The monoisotopic (exact) mass is 376 g/mol. The average Bonchev–Trinajstić information content (AvgIpc) is 2.68. The van der Waals surface area contributed by atoms with E-state index in [9.17, 15) is 14.0 Å². The third kappa shape index (κ3) is 4.62. The molecule has 28 heavy (non-hydrogen) atoms. The fourth-order valence-corrected chi connectivity index (χ4v) is 2.85. The van der Waals surface area contributed by atoms with Crippen molar-refractivity contribution in [3.8, 4) is 0 Å². The minimum Gasteiger partial charge on any atom is -0.322 e. The van der Waals surface area contributed by atoms with Gasteiger partial charge in [-0.05, 0) is 60.0 Å².